The Labute approximate surface area is 123 Å². The number of hydrogen-bond acceptors (Lipinski definition) is 1. The number of fused-ring (bicyclic) bond motifs is 1. The Hall–Kier alpha value is -1.28. The van der Waals surface area contributed by atoms with Gasteiger partial charge in [0.05, 0.1) is 0 Å². The monoisotopic (exact) mass is 272 g/mol. The van der Waals surface area contributed by atoms with Crippen LogP contribution < -0.4 is 5.32 Å². The second-order valence-corrected chi connectivity index (χ2v) is 6.89. The molecule has 110 valence electrons. The molecule has 2 rings (SSSR count). The van der Waals surface area contributed by atoms with Gasteiger partial charge in [0.1, 0.15) is 0 Å². The maximum Gasteiger partial charge on any atom is 0.0483 e. The molecule has 2 aromatic rings. The summed E-state index contributed by atoms with van der Waals surface area (Å²) in [6, 6.07) is 8.64. The lowest BCUT2D eigenvalue weighted by Gasteiger charge is -2.29. The number of rotatable bonds is 5. The van der Waals surface area contributed by atoms with Gasteiger partial charge >= 0.3 is 0 Å². The number of aromatic nitrogens is 1. The lowest BCUT2D eigenvalue weighted by Crippen LogP contribution is -2.33. The molecular weight excluding hydrogens is 244 g/mol. The van der Waals surface area contributed by atoms with Crippen molar-refractivity contribution in [2.45, 2.75) is 41.2 Å². The molecule has 0 radical (unpaired) electrons. The molecule has 0 saturated heterocycles. The standard InChI is InChI=1S/C18H28N2/c1-13(2)18(4,5)12-19-11-17-14(3)15-9-7-8-10-16(15)20(17)6/h7-10,13,19H,11-12H2,1-6H3. The summed E-state index contributed by atoms with van der Waals surface area (Å²) in [5, 5.41) is 5.02. The highest BCUT2D eigenvalue weighted by molar-refractivity contribution is 5.85. The molecule has 0 spiro atoms. The van der Waals surface area contributed by atoms with E-state index in [0.717, 1.165) is 13.1 Å². The van der Waals surface area contributed by atoms with Crippen molar-refractivity contribution in [1.29, 1.82) is 0 Å². The van der Waals surface area contributed by atoms with Crippen molar-refractivity contribution in [1.82, 2.24) is 9.88 Å². The Morgan fingerprint density at radius 2 is 1.85 bits per heavy atom. The van der Waals surface area contributed by atoms with E-state index in [1.165, 1.54) is 22.2 Å². The Morgan fingerprint density at radius 1 is 1.20 bits per heavy atom. The van der Waals surface area contributed by atoms with Crippen LogP contribution in [-0.2, 0) is 13.6 Å². The molecule has 0 fully saturated rings. The van der Waals surface area contributed by atoms with E-state index in [2.05, 4.69) is 75.8 Å². The lowest BCUT2D eigenvalue weighted by atomic mass is 9.81. The van der Waals surface area contributed by atoms with E-state index in [9.17, 15) is 0 Å². The Balaban J connectivity index is 2.15. The summed E-state index contributed by atoms with van der Waals surface area (Å²) in [7, 11) is 2.17. The molecule has 1 N–H and O–H groups in total. The van der Waals surface area contributed by atoms with E-state index in [4.69, 9.17) is 0 Å². The average Bonchev–Trinajstić information content (AvgIpc) is 2.64. The molecule has 0 aliphatic rings. The molecule has 2 nitrogen and oxygen atoms in total. The fourth-order valence-corrected chi connectivity index (χ4v) is 2.59. The van der Waals surface area contributed by atoms with E-state index in [-0.39, 0.29) is 0 Å². The van der Waals surface area contributed by atoms with Gasteiger partial charge in [-0.15, -0.1) is 0 Å². The summed E-state index contributed by atoms with van der Waals surface area (Å²) < 4.78 is 2.32. The minimum atomic E-state index is 0.332. The fourth-order valence-electron chi connectivity index (χ4n) is 2.59. The van der Waals surface area contributed by atoms with Gasteiger partial charge < -0.3 is 9.88 Å². The highest BCUT2D eigenvalue weighted by atomic mass is 15.0. The zero-order chi connectivity index (χ0) is 14.9. The number of nitrogens with one attached hydrogen (secondary N) is 1. The van der Waals surface area contributed by atoms with Crippen LogP contribution in [0.25, 0.3) is 10.9 Å². The third-order valence-electron chi connectivity index (χ3n) is 4.94. The predicted molar refractivity (Wildman–Crippen MR) is 88.0 cm³/mol. The summed E-state index contributed by atoms with van der Waals surface area (Å²) >= 11 is 0. The minimum Gasteiger partial charge on any atom is -0.346 e. The molecular formula is C18H28N2. The van der Waals surface area contributed by atoms with Crippen LogP contribution in [0.3, 0.4) is 0 Å². The van der Waals surface area contributed by atoms with Crippen LogP contribution in [0.2, 0.25) is 0 Å². The van der Waals surface area contributed by atoms with Gasteiger partial charge in [0.2, 0.25) is 0 Å². The van der Waals surface area contributed by atoms with Crippen molar-refractivity contribution in [3.8, 4) is 0 Å². The van der Waals surface area contributed by atoms with Crippen LogP contribution in [0.5, 0.6) is 0 Å². The summed E-state index contributed by atoms with van der Waals surface area (Å²) in [6.45, 7) is 13.5. The van der Waals surface area contributed by atoms with Gasteiger partial charge in [-0.3, -0.25) is 0 Å². The van der Waals surface area contributed by atoms with E-state index in [0.29, 0.717) is 11.3 Å². The Bertz CT molecular complexity index is 552. The molecule has 0 unspecified atom stereocenters. The lowest BCUT2D eigenvalue weighted by molar-refractivity contribution is 0.237. The number of benzene rings is 1. The first-order valence-corrected chi connectivity index (χ1v) is 7.58. The molecule has 0 aliphatic heterocycles. The van der Waals surface area contributed by atoms with Crippen LogP contribution in [0.1, 0.15) is 39.0 Å². The first-order chi connectivity index (χ1) is 9.34. The highest BCUT2D eigenvalue weighted by Gasteiger charge is 2.22. The normalized spacial score (nSPS) is 12.6. The number of para-hydroxylation sites is 1. The van der Waals surface area contributed by atoms with E-state index in [1.807, 2.05) is 0 Å². The van der Waals surface area contributed by atoms with E-state index < -0.39 is 0 Å². The second-order valence-electron chi connectivity index (χ2n) is 6.89. The first kappa shape index (κ1) is 15.1. The summed E-state index contributed by atoms with van der Waals surface area (Å²) in [4.78, 5) is 0. The fraction of sp³-hybridized carbons (Fsp3) is 0.556. The summed E-state index contributed by atoms with van der Waals surface area (Å²) in [6.07, 6.45) is 0. The maximum atomic E-state index is 3.65. The SMILES string of the molecule is Cc1c(CNCC(C)(C)C(C)C)n(C)c2ccccc12. The predicted octanol–water partition coefficient (Wildman–Crippen LogP) is 4.26. The number of nitrogens with zero attached hydrogens (tertiary/aromatic N) is 1. The quantitative estimate of drug-likeness (QED) is 0.860. The van der Waals surface area contributed by atoms with E-state index >= 15 is 0 Å². The molecule has 1 aromatic heterocycles. The third-order valence-corrected chi connectivity index (χ3v) is 4.94. The number of aryl methyl sites for hydroxylation is 2. The van der Waals surface area contributed by atoms with Gasteiger partial charge in [-0.25, -0.2) is 0 Å². The van der Waals surface area contributed by atoms with Gasteiger partial charge in [0, 0.05) is 36.7 Å². The van der Waals surface area contributed by atoms with Crippen LogP contribution in [0, 0.1) is 18.3 Å². The van der Waals surface area contributed by atoms with E-state index in [1.54, 1.807) is 0 Å². The largest absolute Gasteiger partial charge is 0.346 e. The van der Waals surface area contributed by atoms with Crippen LogP contribution >= 0.6 is 0 Å². The summed E-state index contributed by atoms with van der Waals surface area (Å²) in [5.74, 6) is 0.684. The smallest absolute Gasteiger partial charge is 0.0483 e. The van der Waals surface area contributed by atoms with Gasteiger partial charge in [-0.2, -0.15) is 0 Å². The Morgan fingerprint density at radius 3 is 2.45 bits per heavy atom. The zero-order valence-corrected chi connectivity index (χ0v) is 13.7. The number of hydrogen-bond donors (Lipinski definition) is 1. The molecule has 0 atom stereocenters. The first-order valence-electron chi connectivity index (χ1n) is 7.58. The minimum absolute atomic E-state index is 0.332. The summed E-state index contributed by atoms with van der Waals surface area (Å²) in [5.41, 5.74) is 4.45. The third kappa shape index (κ3) is 2.76. The van der Waals surface area contributed by atoms with Crippen LogP contribution in [0.4, 0.5) is 0 Å². The van der Waals surface area contributed by atoms with Gasteiger partial charge in [0.15, 0.2) is 0 Å². The van der Waals surface area contributed by atoms with Crippen molar-refractivity contribution in [2.75, 3.05) is 6.54 Å². The molecule has 0 bridgehead atoms. The van der Waals surface area contributed by atoms with Gasteiger partial charge in [0.25, 0.3) is 0 Å². The van der Waals surface area contributed by atoms with Gasteiger partial charge in [-0.1, -0.05) is 45.9 Å². The molecule has 2 heteroatoms. The van der Waals surface area contributed by atoms with Crippen molar-refractivity contribution < 1.29 is 0 Å². The molecule has 0 amide bonds. The Kier molecular flexibility index (Phi) is 4.24. The average molecular weight is 272 g/mol. The van der Waals surface area contributed by atoms with Crippen molar-refractivity contribution in [2.24, 2.45) is 18.4 Å². The van der Waals surface area contributed by atoms with Crippen molar-refractivity contribution in [3.05, 3.63) is 35.5 Å². The maximum absolute atomic E-state index is 3.65. The molecule has 0 saturated carbocycles. The molecule has 1 heterocycles. The second kappa shape index (κ2) is 5.61. The van der Waals surface area contributed by atoms with Crippen LogP contribution in [0.15, 0.2) is 24.3 Å². The molecule has 0 aliphatic carbocycles. The molecule has 20 heavy (non-hydrogen) atoms. The molecule has 1 aromatic carbocycles. The topological polar surface area (TPSA) is 17.0 Å². The van der Waals surface area contributed by atoms with Gasteiger partial charge in [-0.05, 0) is 29.9 Å². The highest BCUT2D eigenvalue weighted by Crippen LogP contribution is 2.26. The zero-order valence-electron chi connectivity index (χ0n) is 13.7. The van der Waals surface area contributed by atoms with Crippen LogP contribution in [-0.4, -0.2) is 11.1 Å². The van der Waals surface area contributed by atoms with Crippen molar-refractivity contribution in [3.63, 3.8) is 0 Å². The van der Waals surface area contributed by atoms with Crippen molar-refractivity contribution >= 4 is 10.9 Å².